The zero-order valence-corrected chi connectivity index (χ0v) is 10.9. The largest absolute Gasteiger partial charge is 0.508 e. The highest BCUT2D eigenvalue weighted by atomic mass is 16.4. The quantitative estimate of drug-likeness (QED) is 0.700. The van der Waals surface area contributed by atoms with Gasteiger partial charge in [-0.2, -0.15) is 0 Å². The lowest BCUT2D eigenvalue weighted by atomic mass is 10.1. The molecule has 0 aromatic heterocycles. The molecular formula is C14H19NO4. The second kappa shape index (κ2) is 7.41. The van der Waals surface area contributed by atoms with E-state index in [2.05, 4.69) is 5.32 Å². The number of aliphatic carboxylic acids is 1. The van der Waals surface area contributed by atoms with E-state index < -0.39 is 12.0 Å². The van der Waals surface area contributed by atoms with Crippen molar-refractivity contribution in [2.75, 3.05) is 0 Å². The topological polar surface area (TPSA) is 86.6 Å². The van der Waals surface area contributed by atoms with Gasteiger partial charge in [0.2, 0.25) is 5.91 Å². The number of phenols is 1. The summed E-state index contributed by atoms with van der Waals surface area (Å²) in [7, 11) is 0. The fourth-order valence-electron chi connectivity index (χ4n) is 1.71. The van der Waals surface area contributed by atoms with Crippen molar-refractivity contribution in [3.8, 4) is 5.75 Å². The predicted octanol–water partition coefficient (Wildman–Crippen LogP) is 1.69. The van der Waals surface area contributed by atoms with Crippen LogP contribution in [0.2, 0.25) is 0 Å². The van der Waals surface area contributed by atoms with Crippen molar-refractivity contribution < 1.29 is 19.8 Å². The van der Waals surface area contributed by atoms with Gasteiger partial charge in [0.25, 0.3) is 0 Å². The average molecular weight is 265 g/mol. The number of amides is 1. The van der Waals surface area contributed by atoms with Crippen LogP contribution in [0.15, 0.2) is 24.3 Å². The van der Waals surface area contributed by atoms with Crippen LogP contribution in [0, 0.1) is 0 Å². The third-order valence-electron chi connectivity index (χ3n) is 2.78. The Balaban J connectivity index is 2.52. The van der Waals surface area contributed by atoms with E-state index >= 15 is 0 Å². The van der Waals surface area contributed by atoms with Gasteiger partial charge in [-0.15, -0.1) is 0 Å². The minimum Gasteiger partial charge on any atom is -0.508 e. The first kappa shape index (κ1) is 15.0. The maximum Gasteiger partial charge on any atom is 0.326 e. The monoisotopic (exact) mass is 265 g/mol. The molecule has 5 heteroatoms. The number of carboxylic acids is 1. The molecule has 0 fully saturated rings. The smallest absolute Gasteiger partial charge is 0.326 e. The Morgan fingerprint density at radius 1 is 1.26 bits per heavy atom. The van der Waals surface area contributed by atoms with Gasteiger partial charge in [0.15, 0.2) is 0 Å². The summed E-state index contributed by atoms with van der Waals surface area (Å²) in [6.45, 7) is 1.97. The second-order valence-electron chi connectivity index (χ2n) is 4.44. The first-order valence-electron chi connectivity index (χ1n) is 6.33. The Morgan fingerprint density at radius 3 is 2.42 bits per heavy atom. The third kappa shape index (κ3) is 5.42. The van der Waals surface area contributed by atoms with Gasteiger partial charge in [0.05, 0.1) is 6.42 Å². The maximum atomic E-state index is 11.7. The van der Waals surface area contributed by atoms with Crippen LogP contribution in [0.3, 0.4) is 0 Å². The van der Waals surface area contributed by atoms with E-state index in [4.69, 9.17) is 10.2 Å². The Hall–Kier alpha value is -2.04. The summed E-state index contributed by atoms with van der Waals surface area (Å²) in [4.78, 5) is 22.7. The first-order valence-corrected chi connectivity index (χ1v) is 6.33. The number of carbonyl (C=O) groups is 2. The SMILES string of the molecule is CCCCC(NC(=O)Cc1ccc(O)cc1)C(=O)O. The number of nitrogens with one attached hydrogen (secondary N) is 1. The Morgan fingerprint density at radius 2 is 1.89 bits per heavy atom. The summed E-state index contributed by atoms with van der Waals surface area (Å²) >= 11 is 0. The van der Waals surface area contributed by atoms with Crippen molar-refractivity contribution in [3.05, 3.63) is 29.8 Å². The van der Waals surface area contributed by atoms with Gasteiger partial charge in [-0.05, 0) is 24.1 Å². The fourth-order valence-corrected chi connectivity index (χ4v) is 1.71. The number of rotatable bonds is 7. The molecule has 0 saturated carbocycles. The fraction of sp³-hybridized carbons (Fsp3) is 0.429. The minimum atomic E-state index is -1.01. The number of benzene rings is 1. The molecule has 104 valence electrons. The molecule has 0 radical (unpaired) electrons. The molecule has 1 atom stereocenters. The van der Waals surface area contributed by atoms with Gasteiger partial charge in [0.1, 0.15) is 11.8 Å². The van der Waals surface area contributed by atoms with Crippen LogP contribution >= 0.6 is 0 Å². The number of unbranched alkanes of at least 4 members (excludes halogenated alkanes) is 1. The molecule has 0 saturated heterocycles. The summed E-state index contributed by atoms with van der Waals surface area (Å²) in [6.07, 6.45) is 2.19. The third-order valence-corrected chi connectivity index (χ3v) is 2.78. The summed E-state index contributed by atoms with van der Waals surface area (Å²) in [5.74, 6) is -1.20. The van der Waals surface area contributed by atoms with Gasteiger partial charge in [-0.25, -0.2) is 4.79 Å². The predicted molar refractivity (Wildman–Crippen MR) is 70.9 cm³/mol. The molecule has 0 aliphatic heterocycles. The highest BCUT2D eigenvalue weighted by Gasteiger charge is 2.19. The highest BCUT2D eigenvalue weighted by Crippen LogP contribution is 2.10. The van der Waals surface area contributed by atoms with Crippen LogP contribution in [-0.2, 0) is 16.0 Å². The van der Waals surface area contributed by atoms with E-state index in [-0.39, 0.29) is 18.1 Å². The number of aromatic hydroxyl groups is 1. The lowest BCUT2D eigenvalue weighted by molar-refractivity contribution is -0.142. The van der Waals surface area contributed by atoms with Crippen molar-refractivity contribution in [1.82, 2.24) is 5.32 Å². The summed E-state index contributed by atoms with van der Waals surface area (Å²) < 4.78 is 0. The van der Waals surface area contributed by atoms with Gasteiger partial charge >= 0.3 is 5.97 Å². The van der Waals surface area contributed by atoms with E-state index in [1.54, 1.807) is 12.1 Å². The molecule has 0 aliphatic rings. The minimum absolute atomic E-state index is 0.107. The molecule has 0 bridgehead atoms. The molecular weight excluding hydrogens is 246 g/mol. The van der Waals surface area contributed by atoms with Crippen molar-refractivity contribution in [1.29, 1.82) is 0 Å². The maximum absolute atomic E-state index is 11.7. The van der Waals surface area contributed by atoms with Crippen LogP contribution in [0.4, 0.5) is 0 Å². The molecule has 1 aromatic carbocycles. The van der Waals surface area contributed by atoms with Crippen LogP contribution < -0.4 is 5.32 Å². The van der Waals surface area contributed by atoms with Crippen LogP contribution in [0.5, 0.6) is 5.75 Å². The standard InChI is InChI=1S/C14H19NO4/c1-2-3-4-12(14(18)19)15-13(17)9-10-5-7-11(16)8-6-10/h5-8,12,16H,2-4,9H2,1H3,(H,15,17)(H,18,19). The van der Waals surface area contributed by atoms with E-state index in [1.165, 1.54) is 12.1 Å². The van der Waals surface area contributed by atoms with Crippen molar-refractivity contribution in [3.63, 3.8) is 0 Å². The lowest BCUT2D eigenvalue weighted by Gasteiger charge is -2.14. The van der Waals surface area contributed by atoms with Crippen molar-refractivity contribution in [2.24, 2.45) is 0 Å². The summed E-state index contributed by atoms with van der Waals surface area (Å²) in [5.41, 5.74) is 0.731. The van der Waals surface area contributed by atoms with Crippen LogP contribution in [0.25, 0.3) is 0 Å². The lowest BCUT2D eigenvalue weighted by Crippen LogP contribution is -2.41. The van der Waals surface area contributed by atoms with Gasteiger partial charge in [0, 0.05) is 0 Å². The first-order chi connectivity index (χ1) is 9.02. The number of hydrogen-bond donors (Lipinski definition) is 3. The highest BCUT2D eigenvalue weighted by molar-refractivity contribution is 5.84. The Labute approximate surface area is 112 Å². The zero-order chi connectivity index (χ0) is 14.3. The molecule has 0 spiro atoms. The second-order valence-corrected chi connectivity index (χ2v) is 4.44. The average Bonchev–Trinajstić information content (AvgIpc) is 2.37. The normalized spacial score (nSPS) is 11.8. The van der Waals surface area contributed by atoms with Gasteiger partial charge < -0.3 is 15.5 Å². The number of hydrogen-bond acceptors (Lipinski definition) is 3. The van der Waals surface area contributed by atoms with Crippen molar-refractivity contribution >= 4 is 11.9 Å². The van der Waals surface area contributed by atoms with Gasteiger partial charge in [-0.3, -0.25) is 4.79 Å². The molecule has 19 heavy (non-hydrogen) atoms. The van der Waals surface area contributed by atoms with Crippen LogP contribution in [0.1, 0.15) is 31.7 Å². The number of phenolic OH excluding ortho intramolecular Hbond substituents is 1. The molecule has 3 N–H and O–H groups in total. The Bertz CT molecular complexity index is 428. The summed E-state index contributed by atoms with van der Waals surface area (Å²) in [6, 6.07) is 5.43. The molecule has 1 aromatic rings. The van der Waals surface area contributed by atoms with E-state index in [1.807, 2.05) is 6.92 Å². The molecule has 5 nitrogen and oxygen atoms in total. The Kier molecular flexibility index (Phi) is 5.85. The van der Waals surface area contributed by atoms with E-state index in [0.717, 1.165) is 18.4 Å². The van der Waals surface area contributed by atoms with Crippen LogP contribution in [-0.4, -0.2) is 28.1 Å². The summed E-state index contributed by atoms with van der Waals surface area (Å²) in [5, 5.41) is 20.6. The van der Waals surface area contributed by atoms with Crippen molar-refractivity contribution in [2.45, 2.75) is 38.6 Å². The zero-order valence-electron chi connectivity index (χ0n) is 10.9. The molecule has 1 amide bonds. The molecule has 0 heterocycles. The molecule has 0 aliphatic carbocycles. The molecule has 1 unspecified atom stereocenters. The number of carboxylic acid groups (broad SMARTS) is 1. The molecule has 1 rings (SSSR count). The van der Waals surface area contributed by atoms with E-state index in [9.17, 15) is 9.59 Å². The van der Waals surface area contributed by atoms with Gasteiger partial charge in [-0.1, -0.05) is 31.9 Å². The van der Waals surface area contributed by atoms with E-state index in [0.29, 0.717) is 6.42 Å². The number of carbonyl (C=O) groups excluding carboxylic acids is 1.